The molecule has 0 bridgehead atoms. The predicted octanol–water partition coefficient (Wildman–Crippen LogP) is 2.41. The Balaban J connectivity index is 1.94. The van der Waals surface area contributed by atoms with Crippen molar-refractivity contribution in [3.05, 3.63) is 36.0 Å². The average molecular weight is 269 g/mol. The summed E-state index contributed by atoms with van der Waals surface area (Å²) < 4.78 is 0. The first-order valence-corrected chi connectivity index (χ1v) is 7.13. The van der Waals surface area contributed by atoms with Gasteiger partial charge in [0, 0.05) is 25.3 Å². The Bertz CT molecular complexity index is 594. The van der Waals surface area contributed by atoms with Crippen LogP contribution in [0.1, 0.15) is 19.4 Å². The first kappa shape index (κ1) is 12.8. The third-order valence-electron chi connectivity index (χ3n) is 3.75. The van der Waals surface area contributed by atoms with Gasteiger partial charge in [0.1, 0.15) is 0 Å². The zero-order valence-corrected chi connectivity index (χ0v) is 12.0. The van der Waals surface area contributed by atoms with Crippen LogP contribution in [0.25, 0.3) is 0 Å². The fraction of sp³-hybridized carbons (Fsp3) is 0.400. The first-order chi connectivity index (χ1) is 9.83. The number of hydrogen-bond acceptors (Lipinski definition) is 5. The van der Waals surface area contributed by atoms with Crippen LogP contribution in [0.5, 0.6) is 0 Å². The number of rotatable bonds is 4. The van der Waals surface area contributed by atoms with E-state index in [4.69, 9.17) is 0 Å². The Morgan fingerprint density at radius 2 is 2.00 bits per heavy atom. The lowest BCUT2D eigenvalue weighted by atomic mass is 10.2. The summed E-state index contributed by atoms with van der Waals surface area (Å²) in [6, 6.07) is 8.42. The maximum absolute atomic E-state index is 4.67. The van der Waals surface area contributed by atoms with E-state index in [9.17, 15) is 0 Å². The summed E-state index contributed by atoms with van der Waals surface area (Å²) in [4.78, 5) is 9.00. The van der Waals surface area contributed by atoms with Gasteiger partial charge in [-0.1, -0.05) is 18.2 Å². The van der Waals surface area contributed by atoms with E-state index in [0.717, 1.165) is 31.9 Å². The highest BCUT2D eigenvalue weighted by Gasteiger charge is 2.22. The van der Waals surface area contributed by atoms with Gasteiger partial charge in [-0.15, -0.1) is 5.10 Å². The second-order valence-corrected chi connectivity index (χ2v) is 4.82. The number of nitrogens with zero attached hydrogens (tertiary/aromatic N) is 5. The molecule has 104 valence electrons. The fourth-order valence-electron chi connectivity index (χ4n) is 2.65. The van der Waals surface area contributed by atoms with Crippen LogP contribution in [0.3, 0.4) is 0 Å². The molecule has 0 amide bonds. The van der Waals surface area contributed by atoms with Crippen LogP contribution in [-0.4, -0.2) is 34.8 Å². The molecule has 5 heteroatoms. The van der Waals surface area contributed by atoms with Crippen LogP contribution < -0.4 is 9.80 Å². The molecule has 0 N–H and O–H groups in total. The van der Waals surface area contributed by atoms with Gasteiger partial charge in [-0.2, -0.15) is 10.1 Å². The molecule has 0 fully saturated rings. The molecule has 1 aromatic heterocycles. The largest absolute Gasteiger partial charge is 0.356 e. The molecule has 1 aliphatic rings. The average Bonchev–Trinajstić information content (AvgIpc) is 2.93. The number of anilines is 3. The summed E-state index contributed by atoms with van der Waals surface area (Å²) in [6.45, 7) is 7.01. The minimum Gasteiger partial charge on any atom is -0.356 e. The molecule has 0 spiro atoms. The summed E-state index contributed by atoms with van der Waals surface area (Å²) in [5, 5.41) is 8.33. The number of hydrogen-bond donors (Lipinski definition) is 0. The lowest BCUT2D eigenvalue weighted by Crippen LogP contribution is -2.25. The molecule has 0 saturated heterocycles. The standard InChI is InChI=1S/C15H19N5/c1-3-19(4-2)14-11-16-18-15(17-14)20-10-9-12-7-5-6-8-13(12)20/h5-8,11H,3-4,9-10H2,1-2H3. The first-order valence-electron chi connectivity index (χ1n) is 7.13. The van der Waals surface area contributed by atoms with Gasteiger partial charge in [0.05, 0.1) is 6.20 Å². The second kappa shape index (κ2) is 5.45. The third-order valence-corrected chi connectivity index (χ3v) is 3.75. The van der Waals surface area contributed by atoms with E-state index in [1.165, 1.54) is 11.3 Å². The fourth-order valence-corrected chi connectivity index (χ4v) is 2.65. The van der Waals surface area contributed by atoms with Gasteiger partial charge in [0.15, 0.2) is 5.82 Å². The number of benzene rings is 1. The zero-order valence-electron chi connectivity index (χ0n) is 12.0. The molecule has 0 atom stereocenters. The van der Waals surface area contributed by atoms with Crippen molar-refractivity contribution in [1.82, 2.24) is 15.2 Å². The van der Waals surface area contributed by atoms with Crippen LogP contribution in [-0.2, 0) is 6.42 Å². The van der Waals surface area contributed by atoms with Crippen molar-refractivity contribution >= 4 is 17.5 Å². The Morgan fingerprint density at radius 1 is 1.20 bits per heavy atom. The topological polar surface area (TPSA) is 45.2 Å². The molecule has 2 heterocycles. The van der Waals surface area contributed by atoms with Gasteiger partial charge in [0.2, 0.25) is 0 Å². The normalized spacial score (nSPS) is 13.4. The molecule has 2 aromatic rings. The maximum Gasteiger partial charge on any atom is 0.251 e. The molecule has 0 radical (unpaired) electrons. The van der Waals surface area contributed by atoms with Crippen LogP contribution in [0.4, 0.5) is 17.5 Å². The molecule has 1 aliphatic heterocycles. The van der Waals surface area contributed by atoms with Crippen LogP contribution >= 0.6 is 0 Å². The van der Waals surface area contributed by atoms with Crippen molar-refractivity contribution in [3.63, 3.8) is 0 Å². The van der Waals surface area contributed by atoms with Gasteiger partial charge < -0.3 is 9.80 Å². The van der Waals surface area contributed by atoms with Crippen molar-refractivity contribution in [2.24, 2.45) is 0 Å². The van der Waals surface area contributed by atoms with Gasteiger partial charge in [-0.25, -0.2) is 0 Å². The molecule has 5 nitrogen and oxygen atoms in total. The molecule has 3 rings (SSSR count). The lowest BCUT2D eigenvalue weighted by molar-refractivity contribution is 0.810. The molecular formula is C15H19N5. The number of aromatic nitrogens is 3. The van der Waals surface area contributed by atoms with Gasteiger partial charge in [-0.3, -0.25) is 0 Å². The van der Waals surface area contributed by atoms with Crippen LogP contribution in [0.15, 0.2) is 30.5 Å². The summed E-state index contributed by atoms with van der Waals surface area (Å²) >= 11 is 0. The number of fused-ring (bicyclic) bond motifs is 1. The van der Waals surface area contributed by atoms with E-state index < -0.39 is 0 Å². The van der Waals surface area contributed by atoms with E-state index >= 15 is 0 Å². The van der Waals surface area contributed by atoms with Crippen LogP contribution in [0.2, 0.25) is 0 Å². The Morgan fingerprint density at radius 3 is 2.80 bits per heavy atom. The van der Waals surface area contributed by atoms with Crippen LogP contribution in [0, 0.1) is 0 Å². The monoisotopic (exact) mass is 269 g/mol. The minimum absolute atomic E-state index is 0.694. The molecule has 0 saturated carbocycles. The van der Waals surface area contributed by atoms with Crippen molar-refractivity contribution < 1.29 is 0 Å². The van der Waals surface area contributed by atoms with Gasteiger partial charge in [-0.05, 0) is 31.9 Å². The summed E-state index contributed by atoms with van der Waals surface area (Å²) in [5.41, 5.74) is 2.55. The smallest absolute Gasteiger partial charge is 0.251 e. The van der Waals surface area contributed by atoms with Crippen molar-refractivity contribution in [1.29, 1.82) is 0 Å². The minimum atomic E-state index is 0.694. The third kappa shape index (κ3) is 2.19. The molecule has 0 unspecified atom stereocenters. The van der Waals surface area contributed by atoms with E-state index in [2.05, 4.69) is 63.1 Å². The highest BCUT2D eigenvalue weighted by atomic mass is 15.4. The second-order valence-electron chi connectivity index (χ2n) is 4.82. The van der Waals surface area contributed by atoms with E-state index in [1.54, 1.807) is 6.20 Å². The van der Waals surface area contributed by atoms with Crippen molar-refractivity contribution in [2.45, 2.75) is 20.3 Å². The highest BCUT2D eigenvalue weighted by Crippen LogP contribution is 2.32. The molecule has 0 aliphatic carbocycles. The molecule has 1 aromatic carbocycles. The van der Waals surface area contributed by atoms with Gasteiger partial charge >= 0.3 is 0 Å². The van der Waals surface area contributed by atoms with E-state index in [0.29, 0.717) is 5.95 Å². The Hall–Kier alpha value is -2.17. The summed E-state index contributed by atoms with van der Waals surface area (Å²) in [6.07, 6.45) is 2.77. The zero-order chi connectivity index (χ0) is 13.9. The van der Waals surface area contributed by atoms with E-state index in [1.807, 2.05) is 0 Å². The molecule has 20 heavy (non-hydrogen) atoms. The number of para-hydroxylation sites is 1. The van der Waals surface area contributed by atoms with Crippen molar-refractivity contribution in [3.8, 4) is 0 Å². The highest BCUT2D eigenvalue weighted by molar-refractivity contribution is 5.65. The quantitative estimate of drug-likeness (QED) is 0.853. The lowest BCUT2D eigenvalue weighted by Gasteiger charge is -2.22. The summed E-state index contributed by atoms with van der Waals surface area (Å²) in [7, 11) is 0. The predicted molar refractivity (Wildman–Crippen MR) is 80.5 cm³/mol. The molecular weight excluding hydrogens is 250 g/mol. The van der Waals surface area contributed by atoms with E-state index in [-0.39, 0.29) is 0 Å². The van der Waals surface area contributed by atoms with Gasteiger partial charge in [0.25, 0.3) is 5.95 Å². The Labute approximate surface area is 119 Å². The van der Waals surface area contributed by atoms with Crippen molar-refractivity contribution in [2.75, 3.05) is 29.4 Å². The summed E-state index contributed by atoms with van der Waals surface area (Å²) in [5.74, 6) is 1.59. The SMILES string of the molecule is CCN(CC)c1cnnc(N2CCc3ccccc32)n1. The maximum atomic E-state index is 4.67. The Kier molecular flexibility index (Phi) is 3.50.